The normalized spacial score (nSPS) is 45.5. The lowest BCUT2D eigenvalue weighted by Gasteiger charge is -2.63. The van der Waals surface area contributed by atoms with Crippen LogP contribution < -0.4 is 10.6 Å². The van der Waals surface area contributed by atoms with Crippen LogP contribution in [-0.2, 0) is 14.3 Å². The Labute approximate surface area is 231 Å². The number of amides is 2. The summed E-state index contributed by atoms with van der Waals surface area (Å²) in [4.78, 5) is 38.7. The van der Waals surface area contributed by atoms with Crippen LogP contribution in [0.25, 0.3) is 0 Å². The number of rotatable bonds is 4. The lowest BCUT2D eigenvalue weighted by molar-refractivity contribution is -0.204. The van der Waals surface area contributed by atoms with Crippen molar-refractivity contribution >= 4 is 18.0 Å². The number of aliphatic hydroxyl groups is 1. The smallest absolute Gasteiger partial charge is 0.331 e. The molecule has 2 heterocycles. The van der Waals surface area contributed by atoms with Crippen molar-refractivity contribution in [2.45, 2.75) is 83.3 Å². The van der Waals surface area contributed by atoms with Crippen LogP contribution in [0.3, 0.4) is 0 Å². The monoisotopic (exact) mass is 543 g/mol. The van der Waals surface area contributed by atoms with Gasteiger partial charge < -0.3 is 30.5 Å². The highest BCUT2D eigenvalue weighted by Crippen LogP contribution is 2.71. The van der Waals surface area contributed by atoms with Crippen molar-refractivity contribution in [3.05, 3.63) is 11.6 Å². The van der Waals surface area contributed by atoms with E-state index in [2.05, 4.69) is 24.5 Å². The number of carboxylic acids is 1. The average molecular weight is 544 g/mol. The summed E-state index contributed by atoms with van der Waals surface area (Å²) < 4.78 is 5.26. The molecule has 0 bridgehead atoms. The van der Waals surface area contributed by atoms with Crippen LogP contribution in [0.1, 0.15) is 71.6 Å². The van der Waals surface area contributed by atoms with E-state index >= 15 is 0 Å². The number of carbonyl (C=O) groups is 3. The number of piperazine rings is 1. The first kappa shape index (κ1) is 27.1. The number of carbonyl (C=O) groups excluding carboxylic acids is 2. The Kier molecular flexibility index (Phi) is 6.77. The van der Waals surface area contributed by atoms with Crippen LogP contribution >= 0.6 is 0 Å². The standard InChI is InChI=1S/C30H45N3O6/c1-28-7-5-21(32-27(37)33-11-9-31-10-12-33)15-20(28)3-4-23-22(28)6-8-29(2)26(19-14-25(36)39-17-19)18(13-24(34)35)16-30(23,29)38/h14,18,20-23,26,31,38H,3-13,15-17H2,1-2H3,(H,32,37)(H,34,35)/t18-,20-,21+,22+,23-,26-,28+,29-,30+/m1/s1. The first-order chi connectivity index (χ1) is 18.5. The number of hydrogen-bond donors (Lipinski definition) is 4. The first-order valence-electron chi connectivity index (χ1n) is 15.1. The largest absolute Gasteiger partial charge is 0.481 e. The van der Waals surface area contributed by atoms with Crippen molar-refractivity contribution in [1.82, 2.24) is 15.5 Å². The molecule has 4 N–H and O–H groups in total. The minimum absolute atomic E-state index is 0.000164. The molecule has 216 valence electrons. The summed E-state index contributed by atoms with van der Waals surface area (Å²) in [6, 6.07) is 0.258. The number of fused-ring (bicyclic) bond motifs is 5. The number of hydrogen-bond acceptors (Lipinski definition) is 6. The Morgan fingerprint density at radius 1 is 1.13 bits per heavy atom. The number of nitrogens with zero attached hydrogens (tertiary/aromatic N) is 1. The number of urea groups is 1. The summed E-state index contributed by atoms with van der Waals surface area (Å²) in [6.07, 6.45) is 8.78. The van der Waals surface area contributed by atoms with Crippen molar-refractivity contribution in [2.75, 3.05) is 32.8 Å². The van der Waals surface area contributed by atoms with Gasteiger partial charge in [0.1, 0.15) is 6.61 Å². The molecule has 2 amide bonds. The van der Waals surface area contributed by atoms with Gasteiger partial charge in [-0.25, -0.2) is 9.59 Å². The summed E-state index contributed by atoms with van der Waals surface area (Å²) in [5, 5.41) is 29.0. The number of carboxylic acid groups (broad SMARTS) is 1. The molecule has 9 nitrogen and oxygen atoms in total. The van der Waals surface area contributed by atoms with Gasteiger partial charge in [-0.1, -0.05) is 13.8 Å². The highest BCUT2D eigenvalue weighted by molar-refractivity contribution is 5.85. The van der Waals surface area contributed by atoms with Gasteiger partial charge in [0.2, 0.25) is 0 Å². The van der Waals surface area contributed by atoms with Crippen molar-refractivity contribution in [1.29, 1.82) is 0 Å². The second-order valence-corrected chi connectivity index (χ2v) is 13.9. The molecule has 39 heavy (non-hydrogen) atoms. The Hall–Kier alpha value is -2.13. The Balaban J connectivity index is 1.21. The fourth-order valence-corrected chi connectivity index (χ4v) is 10.4. The van der Waals surface area contributed by atoms with E-state index < -0.39 is 17.0 Å². The molecule has 2 aliphatic heterocycles. The molecule has 6 aliphatic rings. The van der Waals surface area contributed by atoms with E-state index in [1.807, 2.05) is 4.90 Å². The van der Waals surface area contributed by atoms with E-state index in [1.54, 1.807) is 6.08 Å². The fourth-order valence-electron chi connectivity index (χ4n) is 10.4. The molecule has 0 unspecified atom stereocenters. The maximum atomic E-state index is 12.9. The summed E-state index contributed by atoms with van der Waals surface area (Å²) in [7, 11) is 0. The fraction of sp³-hybridized carbons (Fsp3) is 0.833. The van der Waals surface area contributed by atoms with Crippen molar-refractivity contribution in [2.24, 2.45) is 40.4 Å². The van der Waals surface area contributed by atoms with Crippen molar-refractivity contribution in [3.8, 4) is 0 Å². The van der Waals surface area contributed by atoms with Crippen LogP contribution in [0.5, 0.6) is 0 Å². The van der Waals surface area contributed by atoms with Gasteiger partial charge in [0.25, 0.3) is 0 Å². The molecule has 9 heteroatoms. The number of nitrogens with one attached hydrogen (secondary N) is 2. The average Bonchev–Trinajstić information content (AvgIpc) is 3.41. The van der Waals surface area contributed by atoms with Gasteiger partial charge in [0, 0.05) is 50.1 Å². The number of aliphatic carboxylic acids is 1. The molecule has 0 aromatic rings. The summed E-state index contributed by atoms with van der Waals surface area (Å²) in [6.45, 7) is 7.97. The van der Waals surface area contributed by atoms with Gasteiger partial charge >= 0.3 is 18.0 Å². The zero-order chi connectivity index (χ0) is 27.6. The molecule has 4 saturated carbocycles. The van der Waals surface area contributed by atoms with E-state index in [0.29, 0.717) is 18.3 Å². The third kappa shape index (κ3) is 4.30. The molecule has 6 rings (SSSR count). The third-order valence-corrected chi connectivity index (χ3v) is 12.3. The summed E-state index contributed by atoms with van der Waals surface area (Å²) >= 11 is 0. The van der Waals surface area contributed by atoms with Gasteiger partial charge in [-0.3, -0.25) is 4.79 Å². The van der Waals surface area contributed by atoms with Gasteiger partial charge in [-0.05, 0) is 91.9 Å². The van der Waals surface area contributed by atoms with E-state index in [9.17, 15) is 24.6 Å². The van der Waals surface area contributed by atoms with Gasteiger partial charge in [0.15, 0.2) is 0 Å². The molecule has 9 atom stereocenters. The van der Waals surface area contributed by atoms with E-state index in [1.165, 1.54) is 0 Å². The summed E-state index contributed by atoms with van der Waals surface area (Å²) in [5.41, 5.74) is -0.480. The molecule has 0 aromatic heterocycles. The molecule has 0 radical (unpaired) electrons. The molecule has 5 fully saturated rings. The minimum atomic E-state index is -0.964. The van der Waals surface area contributed by atoms with Crippen LogP contribution in [0.2, 0.25) is 0 Å². The number of ether oxygens (including phenoxy) is 1. The molecule has 0 aromatic carbocycles. The second-order valence-electron chi connectivity index (χ2n) is 13.9. The predicted octanol–water partition coefficient (Wildman–Crippen LogP) is 2.93. The Morgan fingerprint density at radius 2 is 1.90 bits per heavy atom. The SMILES string of the molecule is C[C@]12CC[C@H](NC(=O)N3CCNCC3)C[C@H]1CC[C@@H]1[C@@H]2CC[C@]2(C)[C@@H](C3=CC(=O)OC3)[C@H](CC(=O)O)C[C@]12O. The molecular formula is C30H45N3O6. The zero-order valence-electron chi connectivity index (χ0n) is 23.4. The zero-order valence-corrected chi connectivity index (χ0v) is 23.4. The minimum Gasteiger partial charge on any atom is -0.481 e. The maximum Gasteiger partial charge on any atom is 0.331 e. The van der Waals surface area contributed by atoms with Crippen LogP contribution in [0.15, 0.2) is 11.6 Å². The lowest BCUT2D eigenvalue weighted by Crippen LogP contribution is -2.63. The van der Waals surface area contributed by atoms with Crippen molar-refractivity contribution in [3.63, 3.8) is 0 Å². The Morgan fingerprint density at radius 3 is 2.59 bits per heavy atom. The van der Waals surface area contributed by atoms with Crippen LogP contribution in [0, 0.1) is 40.4 Å². The highest BCUT2D eigenvalue weighted by Gasteiger charge is 2.70. The number of cyclic esters (lactones) is 1. The quantitative estimate of drug-likeness (QED) is 0.402. The lowest BCUT2D eigenvalue weighted by atomic mass is 9.43. The van der Waals surface area contributed by atoms with Crippen LogP contribution in [-0.4, -0.2) is 77.5 Å². The van der Waals surface area contributed by atoms with E-state index in [-0.39, 0.29) is 54.2 Å². The Bertz CT molecular complexity index is 1060. The molecular weight excluding hydrogens is 498 g/mol. The molecule has 1 saturated heterocycles. The predicted molar refractivity (Wildman–Crippen MR) is 144 cm³/mol. The van der Waals surface area contributed by atoms with Gasteiger partial charge in [0.05, 0.1) is 5.60 Å². The first-order valence-corrected chi connectivity index (χ1v) is 15.1. The third-order valence-electron chi connectivity index (χ3n) is 12.3. The molecule has 4 aliphatic carbocycles. The van der Waals surface area contributed by atoms with E-state index in [4.69, 9.17) is 4.74 Å². The van der Waals surface area contributed by atoms with Crippen LogP contribution in [0.4, 0.5) is 4.79 Å². The van der Waals surface area contributed by atoms with E-state index in [0.717, 1.165) is 76.7 Å². The highest BCUT2D eigenvalue weighted by atomic mass is 16.5. The summed E-state index contributed by atoms with van der Waals surface area (Å²) in [5.74, 6) is -0.589. The van der Waals surface area contributed by atoms with Gasteiger partial charge in [-0.2, -0.15) is 0 Å². The van der Waals surface area contributed by atoms with Gasteiger partial charge in [-0.15, -0.1) is 0 Å². The topological polar surface area (TPSA) is 128 Å². The number of esters is 1. The second kappa shape index (κ2) is 9.75. The maximum absolute atomic E-state index is 12.9. The van der Waals surface area contributed by atoms with Crippen molar-refractivity contribution < 1.29 is 29.3 Å². The molecule has 0 spiro atoms.